The molecule has 2 aromatic carbocycles. The lowest BCUT2D eigenvalue weighted by Crippen LogP contribution is -2.16. The molecule has 0 fully saturated rings. The summed E-state index contributed by atoms with van der Waals surface area (Å²) in [6.07, 6.45) is 5.36. The molecule has 0 bridgehead atoms. The summed E-state index contributed by atoms with van der Waals surface area (Å²) in [5.74, 6) is -0.615. The van der Waals surface area contributed by atoms with Crippen LogP contribution in [0, 0.1) is 0 Å². The molecule has 0 saturated carbocycles. The van der Waals surface area contributed by atoms with E-state index >= 15 is 0 Å². The number of hydrogen-bond acceptors (Lipinski definition) is 5. The van der Waals surface area contributed by atoms with Crippen LogP contribution in [0.2, 0.25) is 0 Å². The molecule has 5 nitrogen and oxygen atoms in total. The zero-order valence-electron chi connectivity index (χ0n) is 17.8. The number of fused-ring (bicyclic) bond motifs is 1. The number of unbranched alkanes of at least 4 members (excludes halogenated alkanes) is 2. The molecule has 1 heterocycles. The highest BCUT2D eigenvalue weighted by Gasteiger charge is 2.37. The van der Waals surface area contributed by atoms with E-state index in [0.29, 0.717) is 13.2 Å². The van der Waals surface area contributed by atoms with Crippen molar-refractivity contribution in [3.05, 3.63) is 72.4 Å². The average molecular weight is 426 g/mol. The number of aromatic nitrogens is 1. The van der Waals surface area contributed by atoms with Gasteiger partial charge in [0.05, 0.1) is 30.6 Å². The fraction of sp³-hybridized carbons (Fsp3) is 0.375. The molecule has 160 valence electrons. The largest absolute Gasteiger partial charge is 0.367 e. The van der Waals surface area contributed by atoms with E-state index in [2.05, 4.69) is 24.1 Å². The van der Waals surface area contributed by atoms with Crippen LogP contribution in [0.5, 0.6) is 0 Å². The van der Waals surface area contributed by atoms with Crippen LogP contribution in [0.1, 0.15) is 50.9 Å². The smallest absolute Gasteiger partial charge is 0.357 e. The third-order valence-electron chi connectivity index (χ3n) is 4.86. The summed E-state index contributed by atoms with van der Waals surface area (Å²) >= 11 is 0. The first-order valence-corrected chi connectivity index (χ1v) is 12.3. The Morgan fingerprint density at radius 2 is 1.57 bits per heavy atom. The Hall–Kier alpha value is -2.20. The first-order chi connectivity index (χ1) is 14.7. The van der Waals surface area contributed by atoms with E-state index < -0.39 is 13.4 Å². The second-order valence-corrected chi connectivity index (χ2v) is 9.40. The van der Waals surface area contributed by atoms with Crippen LogP contribution in [-0.4, -0.2) is 18.2 Å². The Morgan fingerprint density at radius 1 is 0.933 bits per heavy atom. The summed E-state index contributed by atoms with van der Waals surface area (Å²) in [4.78, 5) is 4.53. The Morgan fingerprint density at radius 3 is 2.23 bits per heavy atom. The van der Waals surface area contributed by atoms with Crippen molar-refractivity contribution >= 4 is 24.2 Å². The molecule has 6 heteroatoms. The zero-order chi connectivity index (χ0) is 21.2. The summed E-state index contributed by atoms with van der Waals surface area (Å²) in [6, 6.07) is 19.7. The standard InChI is InChI=1S/C24H31N2O3P/c1-3-5-16-28-30(27,29-17-6-4-2)24(20-12-8-7-9-13-20)26-22-18-21-14-10-11-15-23(21)25-19-22/h7-15,18-19,24,26H,3-6,16-17H2,1-2H3. The molecular formula is C24H31N2O3P. The lowest BCUT2D eigenvalue weighted by atomic mass is 10.2. The van der Waals surface area contributed by atoms with Crippen molar-refractivity contribution < 1.29 is 13.6 Å². The van der Waals surface area contributed by atoms with Crippen LogP contribution < -0.4 is 5.32 Å². The number of para-hydroxylation sites is 1. The Bertz CT molecular complexity index is 951. The predicted octanol–water partition coefficient (Wildman–Crippen LogP) is 7.17. The summed E-state index contributed by atoms with van der Waals surface area (Å²) < 4.78 is 25.9. The van der Waals surface area contributed by atoms with Crippen LogP contribution in [0.25, 0.3) is 10.9 Å². The maximum Gasteiger partial charge on any atom is 0.357 e. The Labute approximate surface area is 179 Å². The molecule has 3 rings (SSSR count). The van der Waals surface area contributed by atoms with Crippen LogP contribution >= 0.6 is 7.60 Å². The van der Waals surface area contributed by atoms with Crippen molar-refractivity contribution in [3.8, 4) is 0 Å². The van der Waals surface area contributed by atoms with Gasteiger partial charge in [-0.05, 0) is 30.5 Å². The van der Waals surface area contributed by atoms with E-state index in [4.69, 9.17) is 9.05 Å². The minimum Gasteiger partial charge on any atom is -0.367 e. The van der Waals surface area contributed by atoms with Gasteiger partial charge in [-0.15, -0.1) is 0 Å². The highest BCUT2D eigenvalue weighted by molar-refractivity contribution is 7.54. The zero-order valence-corrected chi connectivity index (χ0v) is 18.7. The number of rotatable bonds is 12. The molecule has 0 spiro atoms. The van der Waals surface area contributed by atoms with Crippen LogP contribution in [0.15, 0.2) is 66.9 Å². The second kappa shape index (κ2) is 11.3. The van der Waals surface area contributed by atoms with Crippen molar-refractivity contribution in [1.82, 2.24) is 4.98 Å². The molecule has 30 heavy (non-hydrogen) atoms. The van der Waals surface area contributed by atoms with E-state index in [1.54, 1.807) is 6.20 Å². The number of hydrogen-bond donors (Lipinski definition) is 1. The highest BCUT2D eigenvalue weighted by Crippen LogP contribution is 2.61. The molecule has 0 aliphatic rings. The van der Waals surface area contributed by atoms with Gasteiger partial charge in [-0.25, -0.2) is 0 Å². The minimum atomic E-state index is -3.48. The second-order valence-electron chi connectivity index (χ2n) is 7.29. The number of anilines is 1. The van der Waals surface area contributed by atoms with Gasteiger partial charge in [0.1, 0.15) is 0 Å². The van der Waals surface area contributed by atoms with Gasteiger partial charge in [-0.1, -0.05) is 75.2 Å². The molecule has 1 N–H and O–H groups in total. The van der Waals surface area contributed by atoms with E-state index in [9.17, 15) is 4.57 Å². The van der Waals surface area contributed by atoms with Crippen molar-refractivity contribution in [1.29, 1.82) is 0 Å². The summed E-state index contributed by atoms with van der Waals surface area (Å²) in [5.41, 5.74) is 2.56. The minimum absolute atomic E-state index is 0.404. The fourth-order valence-electron chi connectivity index (χ4n) is 3.15. The SMILES string of the molecule is CCCCOP(=O)(OCCCC)C(Nc1cnc2ccccc2c1)c1ccccc1. The van der Waals surface area contributed by atoms with Crippen molar-refractivity contribution in [2.45, 2.75) is 45.3 Å². The first-order valence-electron chi connectivity index (χ1n) is 10.7. The third kappa shape index (κ3) is 5.91. The number of benzene rings is 2. The van der Waals surface area contributed by atoms with Gasteiger partial charge in [0.25, 0.3) is 0 Å². The van der Waals surface area contributed by atoms with Gasteiger partial charge in [-0.2, -0.15) is 0 Å². The highest BCUT2D eigenvalue weighted by atomic mass is 31.2. The Kier molecular flexibility index (Phi) is 8.44. The lowest BCUT2D eigenvalue weighted by molar-refractivity contribution is 0.194. The molecule has 0 radical (unpaired) electrons. The maximum atomic E-state index is 14.0. The average Bonchev–Trinajstić information content (AvgIpc) is 2.78. The molecule has 3 aromatic rings. The van der Waals surface area contributed by atoms with E-state index in [1.807, 2.05) is 60.7 Å². The fourth-order valence-corrected chi connectivity index (χ4v) is 5.13. The monoisotopic (exact) mass is 426 g/mol. The van der Waals surface area contributed by atoms with Crippen LogP contribution in [-0.2, 0) is 13.6 Å². The normalized spacial score (nSPS) is 12.7. The van der Waals surface area contributed by atoms with Gasteiger partial charge in [0.15, 0.2) is 5.78 Å². The summed E-state index contributed by atoms with van der Waals surface area (Å²) in [7, 11) is -3.48. The molecule has 1 aromatic heterocycles. The van der Waals surface area contributed by atoms with E-state index in [1.165, 1.54) is 0 Å². The summed E-state index contributed by atoms with van der Waals surface area (Å²) in [6.45, 7) is 4.97. The predicted molar refractivity (Wildman–Crippen MR) is 124 cm³/mol. The number of pyridine rings is 1. The van der Waals surface area contributed by atoms with Gasteiger partial charge in [0, 0.05) is 5.39 Å². The van der Waals surface area contributed by atoms with E-state index in [-0.39, 0.29) is 0 Å². The van der Waals surface area contributed by atoms with Gasteiger partial charge < -0.3 is 14.4 Å². The first kappa shape index (κ1) is 22.5. The molecule has 0 aliphatic carbocycles. The van der Waals surface area contributed by atoms with Gasteiger partial charge in [-0.3, -0.25) is 9.55 Å². The van der Waals surface area contributed by atoms with Crippen molar-refractivity contribution in [2.75, 3.05) is 18.5 Å². The molecule has 1 unspecified atom stereocenters. The van der Waals surface area contributed by atoms with Crippen LogP contribution in [0.3, 0.4) is 0 Å². The quantitative estimate of drug-likeness (QED) is 0.246. The molecular weight excluding hydrogens is 395 g/mol. The molecule has 0 aliphatic heterocycles. The molecule has 1 atom stereocenters. The van der Waals surface area contributed by atoms with Gasteiger partial charge >= 0.3 is 7.60 Å². The Balaban J connectivity index is 1.94. The van der Waals surface area contributed by atoms with Gasteiger partial charge in [0.2, 0.25) is 0 Å². The number of nitrogens with zero attached hydrogens (tertiary/aromatic N) is 1. The van der Waals surface area contributed by atoms with E-state index in [0.717, 1.165) is 47.8 Å². The van der Waals surface area contributed by atoms with Crippen molar-refractivity contribution in [3.63, 3.8) is 0 Å². The number of nitrogens with one attached hydrogen (secondary N) is 1. The van der Waals surface area contributed by atoms with Crippen molar-refractivity contribution in [2.24, 2.45) is 0 Å². The molecule has 0 amide bonds. The topological polar surface area (TPSA) is 60.5 Å². The maximum absolute atomic E-state index is 14.0. The third-order valence-corrected chi connectivity index (χ3v) is 7.01. The van der Waals surface area contributed by atoms with Crippen LogP contribution in [0.4, 0.5) is 5.69 Å². The molecule has 0 saturated heterocycles. The summed E-state index contributed by atoms with van der Waals surface area (Å²) in [5, 5.41) is 4.42. The lowest BCUT2D eigenvalue weighted by Gasteiger charge is -2.29.